The SMILES string of the molecule is COCCS(=O)(=O)N1CCC(C2=C(C(=O)OC)C(c3ccc(F)cc3Cl)N=C(c3nccs3)N2)C1. The van der Waals surface area contributed by atoms with Crippen LogP contribution in [-0.4, -0.2) is 69.2 Å². The van der Waals surface area contributed by atoms with Gasteiger partial charge in [-0.15, -0.1) is 11.3 Å². The van der Waals surface area contributed by atoms with Crippen molar-refractivity contribution < 1.29 is 27.1 Å². The lowest BCUT2D eigenvalue weighted by atomic mass is 9.90. The quantitative estimate of drug-likeness (QED) is 0.511. The average molecular weight is 543 g/mol. The first-order valence-electron chi connectivity index (χ1n) is 10.7. The van der Waals surface area contributed by atoms with Crippen LogP contribution in [0.4, 0.5) is 4.39 Å². The minimum absolute atomic E-state index is 0.0872. The van der Waals surface area contributed by atoms with Crippen LogP contribution in [0.15, 0.2) is 46.0 Å². The fourth-order valence-corrected chi connectivity index (χ4v) is 6.44. The van der Waals surface area contributed by atoms with E-state index in [1.165, 1.54) is 42.0 Å². The zero-order chi connectivity index (χ0) is 25.2. The number of aromatic nitrogens is 1. The lowest BCUT2D eigenvalue weighted by molar-refractivity contribution is -0.136. The van der Waals surface area contributed by atoms with Crippen molar-refractivity contribution in [2.45, 2.75) is 12.5 Å². The second kappa shape index (κ2) is 10.7. The Labute approximate surface area is 211 Å². The highest BCUT2D eigenvalue weighted by molar-refractivity contribution is 7.89. The summed E-state index contributed by atoms with van der Waals surface area (Å²) in [5.41, 5.74) is 1.11. The van der Waals surface area contributed by atoms with Crippen molar-refractivity contribution in [2.24, 2.45) is 10.9 Å². The van der Waals surface area contributed by atoms with Crippen LogP contribution < -0.4 is 5.32 Å². The summed E-state index contributed by atoms with van der Waals surface area (Å²) in [6.45, 7) is 0.551. The first-order chi connectivity index (χ1) is 16.7. The van der Waals surface area contributed by atoms with E-state index in [0.29, 0.717) is 35.1 Å². The molecular formula is C22H24ClFN4O5S2. The molecule has 2 aliphatic rings. The maximum atomic E-state index is 13.8. The molecule has 9 nitrogen and oxygen atoms in total. The number of nitrogens with zero attached hydrogens (tertiary/aromatic N) is 3. The van der Waals surface area contributed by atoms with Crippen LogP contribution in [-0.2, 0) is 24.3 Å². The number of amidine groups is 1. The van der Waals surface area contributed by atoms with Gasteiger partial charge >= 0.3 is 5.97 Å². The molecular weight excluding hydrogens is 519 g/mol. The van der Waals surface area contributed by atoms with Gasteiger partial charge in [-0.2, -0.15) is 0 Å². The molecule has 0 amide bonds. The molecule has 1 fully saturated rings. The van der Waals surface area contributed by atoms with Gasteiger partial charge in [-0.3, -0.25) is 4.99 Å². The Morgan fingerprint density at radius 3 is 2.83 bits per heavy atom. The highest BCUT2D eigenvalue weighted by Gasteiger charge is 2.40. The van der Waals surface area contributed by atoms with Crippen LogP contribution in [0.5, 0.6) is 0 Å². The highest BCUT2D eigenvalue weighted by Crippen LogP contribution is 2.40. The van der Waals surface area contributed by atoms with Gasteiger partial charge in [0.15, 0.2) is 10.8 Å². The van der Waals surface area contributed by atoms with Crippen molar-refractivity contribution in [2.75, 3.05) is 39.7 Å². The number of aliphatic imine (C=N–C) groups is 1. The van der Waals surface area contributed by atoms with Crippen LogP contribution in [0.1, 0.15) is 23.0 Å². The predicted octanol–water partition coefficient (Wildman–Crippen LogP) is 2.75. The van der Waals surface area contributed by atoms with Gasteiger partial charge in [-0.05, 0) is 18.6 Å². The molecule has 3 heterocycles. The minimum Gasteiger partial charge on any atom is -0.466 e. The van der Waals surface area contributed by atoms with Gasteiger partial charge in [-0.25, -0.2) is 26.9 Å². The summed E-state index contributed by atoms with van der Waals surface area (Å²) in [6.07, 6.45) is 2.10. The molecule has 0 bridgehead atoms. The molecule has 2 aromatic rings. The molecule has 2 atom stereocenters. The number of carbonyl (C=O) groups is 1. The van der Waals surface area contributed by atoms with Crippen LogP contribution in [0.2, 0.25) is 5.02 Å². The van der Waals surface area contributed by atoms with E-state index in [1.807, 2.05) is 0 Å². The Kier molecular flexibility index (Phi) is 7.86. The molecule has 4 rings (SSSR count). The van der Waals surface area contributed by atoms with Gasteiger partial charge in [0.2, 0.25) is 10.0 Å². The van der Waals surface area contributed by atoms with Crippen molar-refractivity contribution in [1.29, 1.82) is 0 Å². The third kappa shape index (κ3) is 5.41. The third-order valence-electron chi connectivity index (χ3n) is 5.87. The first-order valence-corrected chi connectivity index (χ1v) is 13.6. The van der Waals surface area contributed by atoms with Gasteiger partial charge in [-0.1, -0.05) is 17.7 Å². The predicted molar refractivity (Wildman–Crippen MR) is 130 cm³/mol. The number of benzene rings is 1. The average Bonchev–Trinajstić information content (AvgIpc) is 3.55. The number of ether oxygens (including phenoxy) is 2. The highest BCUT2D eigenvalue weighted by atomic mass is 35.5. The molecule has 1 saturated heterocycles. The standard InChI is InChI=1S/C22H24ClFN4O5S2/c1-32-8-10-35(30,31)28-7-5-13(12-28)18-17(22(29)33-2)19(15-4-3-14(24)11-16(15)23)27-20(26-18)21-25-6-9-34-21/h3-4,6,9,11,13,19H,5,7-8,10,12H2,1-2H3,(H,26,27). The Bertz CT molecular complexity index is 1270. The molecule has 188 valence electrons. The molecule has 2 aliphatic heterocycles. The molecule has 35 heavy (non-hydrogen) atoms. The monoisotopic (exact) mass is 542 g/mol. The van der Waals surface area contributed by atoms with E-state index in [0.717, 1.165) is 6.07 Å². The van der Waals surface area contributed by atoms with E-state index in [4.69, 9.17) is 26.1 Å². The Balaban J connectivity index is 1.79. The maximum absolute atomic E-state index is 13.8. The molecule has 1 N–H and O–H groups in total. The largest absolute Gasteiger partial charge is 0.466 e. The fourth-order valence-electron chi connectivity index (χ4n) is 4.15. The number of hydrogen-bond acceptors (Lipinski definition) is 9. The van der Waals surface area contributed by atoms with E-state index < -0.39 is 27.9 Å². The van der Waals surface area contributed by atoms with Crippen LogP contribution in [0, 0.1) is 11.7 Å². The molecule has 0 aliphatic carbocycles. The zero-order valence-electron chi connectivity index (χ0n) is 19.0. The van der Waals surface area contributed by atoms with E-state index in [1.54, 1.807) is 11.6 Å². The van der Waals surface area contributed by atoms with Crippen molar-refractivity contribution in [3.8, 4) is 0 Å². The van der Waals surface area contributed by atoms with Crippen LogP contribution in [0.25, 0.3) is 0 Å². The van der Waals surface area contributed by atoms with Crippen molar-refractivity contribution >= 4 is 44.8 Å². The second-order valence-corrected chi connectivity index (χ2v) is 11.4. The van der Waals surface area contributed by atoms with E-state index in [2.05, 4.69) is 10.3 Å². The van der Waals surface area contributed by atoms with Crippen molar-refractivity contribution in [1.82, 2.24) is 14.6 Å². The van der Waals surface area contributed by atoms with Crippen LogP contribution in [0.3, 0.4) is 0 Å². The van der Waals surface area contributed by atoms with E-state index in [9.17, 15) is 17.6 Å². The molecule has 0 radical (unpaired) electrons. The lowest BCUT2D eigenvalue weighted by Gasteiger charge is -2.30. The smallest absolute Gasteiger partial charge is 0.338 e. The Morgan fingerprint density at radius 1 is 1.37 bits per heavy atom. The number of rotatable bonds is 8. The summed E-state index contributed by atoms with van der Waals surface area (Å²) in [7, 11) is -0.830. The topological polar surface area (TPSA) is 110 Å². The maximum Gasteiger partial charge on any atom is 0.338 e. The van der Waals surface area contributed by atoms with Gasteiger partial charge in [0.25, 0.3) is 0 Å². The van der Waals surface area contributed by atoms with Crippen molar-refractivity contribution in [3.05, 3.63) is 62.5 Å². The number of thiazole rings is 1. The fraction of sp³-hybridized carbons (Fsp3) is 0.409. The lowest BCUT2D eigenvalue weighted by Crippen LogP contribution is -2.38. The Hall–Kier alpha value is -2.38. The van der Waals surface area contributed by atoms with Gasteiger partial charge in [0.1, 0.15) is 11.9 Å². The number of carbonyl (C=O) groups excluding carboxylic acids is 1. The molecule has 1 aromatic heterocycles. The molecule has 1 aromatic carbocycles. The number of esters is 1. The van der Waals surface area contributed by atoms with Gasteiger partial charge in [0.05, 0.1) is 25.0 Å². The Morgan fingerprint density at radius 2 is 2.17 bits per heavy atom. The van der Waals surface area contributed by atoms with Gasteiger partial charge in [0, 0.05) is 54.0 Å². The van der Waals surface area contributed by atoms with E-state index >= 15 is 0 Å². The normalized spacial score (nSPS) is 21.1. The summed E-state index contributed by atoms with van der Waals surface area (Å²) in [6, 6.07) is 2.99. The molecule has 0 spiro atoms. The first kappa shape index (κ1) is 25.7. The number of methoxy groups -OCH3 is 2. The molecule has 13 heteroatoms. The number of hydrogen-bond donors (Lipinski definition) is 1. The number of sulfonamides is 1. The number of nitrogens with one attached hydrogen (secondary N) is 1. The van der Waals surface area contributed by atoms with Gasteiger partial charge < -0.3 is 14.8 Å². The number of halogens is 2. The van der Waals surface area contributed by atoms with Crippen molar-refractivity contribution in [3.63, 3.8) is 0 Å². The summed E-state index contributed by atoms with van der Waals surface area (Å²) in [5.74, 6) is -1.22. The summed E-state index contributed by atoms with van der Waals surface area (Å²) < 4.78 is 50.7. The van der Waals surface area contributed by atoms with E-state index in [-0.39, 0.29) is 35.4 Å². The minimum atomic E-state index is -3.53. The summed E-state index contributed by atoms with van der Waals surface area (Å²) in [5, 5.41) is 5.70. The molecule has 0 saturated carbocycles. The molecule has 2 unspecified atom stereocenters. The third-order valence-corrected chi connectivity index (χ3v) is 8.78. The second-order valence-electron chi connectivity index (χ2n) is 7.98. The summed E-state index contributed by atoms with van der Waals surface area (Å²) in [4.78, 5) is 22.1. The summed E-state index contributed by atoms with van der Waals surface area (Å²) >= 11 is 7.72. The zero-order valence-corrected chi connectivity index (χ0v) is 21.4. The van der Waals surface area contributed by atoms with Crippen LogP contribution >= 0.6 is 22.9 Å².